The number of thioether (sulfide) groups is 1. The van der Waals surface area contributed by atoms with Gasteiger partial charge in [0.05, 0.1) is 13.0 Å². The SMILES string of the molecule is CCOC(=O)CCSC(C)=O. The molecule has 0 saturated carbocycles. The maximum Gasteiger partial charge on any atom is 0.306 e. The second-order valence-electron chi connectivity index (χ2n) is 1.90. The number of esters is 1. The topological polar surface area (TPSA) is 43.4 Å². The van der Waals surface area contributed by atoms with Crippen molar-refractivity contribution in [1.29, 1.82) is 0 Å². The van der Waals surface area contributed by atoms with E-state index in [1.54, 1.807) is 6.92 Å². The van der Waals surface area contributed by atoms with Crippen LogP contribution in [0.1, 0.15) is 20.3 Å². The first-order chi connectivity index (χ1) is 5.16. The molecule has 0 radical (unpaired) electrons. The van der Waals surface area contributed by atoms with E-state index in [-0.39, 0.29) is 11.1 Å². The zero-order valence-corrected chi connectivity index (χ0v) is 7.57. The highest BCUT2D eigenvalue weighted by Gasteiger charge is 2.01. The summed E-state index contributed by atoms with van der Waals surface area (Å²) in [5, 5.41) is 0.0364. The second-order valence-corrected chi connectivity index (χ2v) is 3.17. The van der Waals surface area contributed by atoms with Gasteiger partial charge in [-0.3, -0.25) is 9.59 Å². The van der Waals surface area contributed by atoms with E-state index in [0.29, 0.717) is 18.8 Å². The first kappa shape index (κ1) is 10.5. The molecular formula is C7H12O3S. The summed E-state index contributed by atoms with van der Waals surface area (Å²) in [4.78, 5) is 21.1. The molecule has 0 aromatic heterocycles. The van der Waals surface area contributed by atoms with Crippen LogP contribution < -0.4 is 0 Å². The van der Waals surface area contributed by atoms with Gasteiger partial charge in [-0.05, 0) is 6.92 Å². The van der Waals surface area contributed by atoms with Crippen LogP contribution in [0.2, 0.25) is 0 Å². The molecule has 0 unspecified atom stereocenters. The fourth-order valence-corrected chi connectivity index (χ4v) is 1.07. The van der Waals surface area contributed by atoms with Gasteiger partial charge in [-0.15, -0.1) is 0 Å². The lowest BCUT2D eigenvalue weighted by molar-refractivity contribution is -0.142. The Morgan fingerprint density at radius 1 is 1.45 bits per heavy atom. The van der Waals surface area contributed by atoms with Crippen molar-refractivity contribution in [2.75, 3.05) is 12.4 Å². The number of rotatable bonds is 4. The minimum atomic E-state index is -0.235. The van der Waals surface area contributed by atoms with Gasteiger partial charge >= 0.3 is 5.97 Å². The van der Waals surface area contributed by atoms with Crippen LogP contribution in [0.15, 0.2) is 0 Å². The highest BCUT2D eigenvalue weighted by molar-refractivity contribution is 8.13. The van der Waals surface area contributed by atoms with Crippen molar-refractivity contribution in [3.05, 3.63) is 0 Å². The summed E-state index contributed by atoms with van der Waals surface area (Å²) in [7, 11) is 0. The van der Waals surface area contributed by atoms with Crippen molar-refractivity contribution in [3.8, 4) is 0 Å². The van der Waals surface area contributed by atoms with Gasteiger partial charge in [-0.1, -0.05) is 11.8 Å². The van der Waals surface area contributed by atoms with Gasteiger partial charge < -0.3 is 4.74 Å². The predicted molar refractivity (Wildman–Crippen MR) is 44.4 cm³/mol. The number of hydrogen-bond donors (Lipinski definition) is 0. The minimum Gasteiger partial charge on any atom is -0.466 e. The van der Waals surface area contributed by atoms with Gasteiger partial charge in [0.25, 0.3) is 0 Å². The van der Waals surface area contributed by atoms with Gasteiger partial charge in [-0.2, -0.15) is 0 Å². The third-order valence-corrected chi connectivity index (χ3v) is 1.73. The molecule has 0 amide bonds. The lowest BCUT2D eigenvalue weighted by Gasteiger charge is -1.98. The lowest BCUT2D eigenvalue weighted by Crippen LogP contribution is -2.05. The average molecular weight is 176 g/mol. The number of ether oxygens (including phenoxy) is 1. The van der Waals surface area contributed by atoms with Crippen molar-refractivity contribution >= 4 is 22.8 Å². The molecule has 0 rings (SSSR count). The molecule has 0 aromatic carbocycles. The molecule has 0 N–H and O–H groups in total. The van der Waals surface area contributed by atoms with Crippen LogP contribution in [0.4, 0.5) is 0 Å². The Morgan fingerprint density at radius 3 is 2.55 bits per heavy atom. The molecule has 4 heteroatoms. The first-order valence-electron chi connectivity index (χ1n) is 3.45. The van der Waals surface area contributed by atoms with Crippen LogP contribution in [0.5, 0.6) is 0 Å². The second kappa shape index (κ2) is 6.22. The summed E-state index contributed by atoms with van der Waals surface area (Å²) in [6.07, 6.45) is 0.318. The van der Waals surface area contributed by atoms with Gasteiger partial charge in [-0.25, -0.2) is 0 Å². The highest BCUT2D eigenvalue weighted by atomic mass is 32.2. The Balaban J connectivity index is 3.24. The van der Waals surface area contributed by atoms with Crippen molar-refractivity contribution in [1.82, 2.24) is 0 Å². The van der Waals surface area contributed by atoms with E-state index in [2.05, 4.69) is 4.74 Å². The van der Waals surface area contributed by atoms with Crippen molar-refractivity contribution in [3.63, 3.8) is 0 Å². The summed E-state index contributed by atoms with van der Waals surface area (Å²) in [6.45, 7) is 3.65. The van der Waals surface area contributed by atoms with Crippen LogP contribution in [0.25, 0.3) is 0 Å². The minimum absolute atomic E-state index is 0.0364. The number of hydrogen-bond acceptors (Lipinski definition) is 4. The maximum absolute atomic E-state index is 10.7. The normalized spacial score (nSPS) is 9.27. The number of carbonyl (C=O) groups is 2. The molecule has 3 nitrogen and oxygen atoms in total. The molecule has 0 aliphatic rings. The van der Waals surface area contributed by atoms with Gasteiger partial charge in [0.15, 0.2) is 5.12 Å². The summed E-state index contributed by atoms with van der Waals surface area (Å²) in [6, 6.07) is 0. The van der Waals surface area contributed by atoms with Crippen molar-refractivity contribution in [2.45, 2.75) is 20.3 Å². The molecule has 0 heterocycles. The molecular weight excluding hydrogens is 164 g/mol. The molecule has 0 aromatic rings. The number of carbonyl (C=O) groups excluding carboxylic acids is 2. The van der Waals surface area contributed by atoms with Crippen LogP contribution in [0, 0.1) is 0 Å². The predicted octanol–water partition coefficient (Wildman–Crippen LogP) is 1.22. The largest absolute Gasteiger partial charge is 0.466 e. The lowest BCUT2D eigenvalue weighted by atomic mass is 10.5. The van der Waals surface area contributed by atoms with Crippen molar-refractivity contribution in [2.24, 2.45) is 0 Å². The van der Waals surface area contributed by atoms with E-state index < -0.39 is 0 Å². The zero-order valence-electron chi connectivity index (χ0n) is 6.75. The summed E-state index contributed by atoms with van der Waals surface area (Å²) < 4.78 is 4.66. The Bertz CT molecular complexity index is 145. The molecule has 11 heavy (non-hydrogen) atoms. The fourth-order valence-electron chi connectivity index (χ4n) is 0.511. The maximum atomic E-state index is 10.7. The Hall–Kier alpha value is -0.510. The van der Waals surface area contributed by atoms with Crippen LogP contribution in [-0.2, 0) is 14.3 Å². The standard InChI is InChI=1S/C7H12O3S/c1-3-10-7(9)4-5-11-6(2)8/h3-5H2,1-2H3. The van der Waals surface area contributed by atoms with E-state index in [9.17, 15) is 9.59 Å². The molecule has 0 spiro atoms. The Morgan fingerprint density at radius 2 is 2.09 bits per heavy atom. The summed E-state index contributed by atoms with van der Waals surface area (Å²) in [5.41, 5.74) is 0. The fraction of sp³-hybridized carbons (Fsp3) is 0.714. The average Bonchev–Trinajstić information content (AvgIpc) is 1.87. The monoisotopic (exact) mass is 176 g/mol. The van der Waals surface area contributed by atoms with Crippen molar-refractivity contribution < 1.29 is 14.3 Å². The van der Waals surface area contributed by atoms with Gasteiger partial charge in [0.1, 0.15) is 0 Å². The van der Waals surface area contributed by atoms with Crippen LogP contribution in [-0.4, -0.2) is 23.4 Å². The highest BCUT2D eigenvalue weighted by Crippen LogP contribution is 2.03. The van der Waals surface area contributed by atoms with Crippen LogP contribution >= 0.6 is 11.8 Å². The molecule has 64 valence electrons. The third kappa shape index (κ3) is 7.39. The van der Waals surface area contributed by atoms with E-state index in [0.717, 1.165) is 11.8 Å². The summed E-state index contributed by atoms with van der Waals surface area (Å²) in [5.74, 6) is 0.287. The molecule has 0 fully saturated rings. The molecule has 0 bridgehead atoms. The van der Waals surface area contributed by atoms with E-state index in [1.165, 1.54) is 6.92 Å². The molecule has 0 aliphatic heterocycles. The van der Waals surface area contributed by atoms with Gasteiger partial charge in [0.2, 0.25) is 0 Å². The molecule has 0 saturated heterocycles. The van der Waals surface area contributed by atoms with Crippen LogP contribution in [0.3, 0.4) is 0 Å². The molecule has 0 atom stereocenters. The molecule has 0 aliphatic carbocycles. The first-order valence-corrected chi connectivity index (χ1v) is 4.44. The van der Waals surface area contributed by atoms with E-state index in [1.807, 2.05) is 0 Å². The Kier molecular flexibility index (Phi) is 5.93. The van der Waals surface area contributed by atoms with Gasteiger partial charge in [0, 0.05) is 12.7 Å². The van der Waals surface area contributed by atoms with E-state index >= 15 is 0 Å². The van der Waals surface area contributed by atoms with E-state index in [4.69, 9.17) is 0 Å². The quantitative estimate of drug-likeness (QED) is 0.604. The zero-order chi connectivity index (χ0) is 8.69. The summed E-state index contributed by atoms with van der Waals surface area (Å²) >= 11 is 1.15. The third-order valence-electron chi connectivity index (χ3n) is 0.917. The smallest absolute Gasteiger partial charge is 0.306 e. The Labute approximate surface area is 70.5 Å².